The minimum atomic E-state index is -0.715. The fraction of sp³-hybridized carbons (Fsp3) is 0. The lowest BCUT2D eigenvalue weighted by molar-refractivity contribution is -0.394. The van der Waals surface area contributed by atoms with Gasteiger partial charge < -0.3 is 4.42 Å². The number of non-ortho nitro benzene ring substituents is 2. The molecule has 0 unspecified atom stereocenters. The van der Waals surface area contributed by atoms with Crippen molar-refractivity contribution in [2.75, 3.05) is 0 Å². The quantitative estimate of drug-likeness (QED) is 0.533. The molecule has 22 heavy (non-hydrogen) atoms. The van der Waals surface area contributed by atoms with Gasteiger partial charge >= 0.3 is 0 Å². The molecule has 3 rings (SSSR count). The SMILES string of the molecule is O=[N+]([O-])c1cc(-c2nnc(-c3cccs3)o2)cc([N+](=O)[O-])c1. The van der Waals surface area contributed by atoms with Crippen molar-refractivity contribution in [3.8, 4) is 22.2 Å². The van der Waals surface area contributed by atoms with Gasteiger partial charge in [0.15, 0.2) is 0 Å². The molecule has 1 aromatic carbocycles. The van der Waals surface area contributed by atoms with Crippen LogP contribution in [0.15, 0.2) is 40.1 Å². The van der Waals surface area contributed by atoms with Crippen LogP contribution in [0.3, 0.4) is 0 Å². The van der Waals surface area contributed by atoms with Gasteiger partial charge in [0.05, 0.1) is 26.4 Å². The summed E-state index contributed by atoms with van der Waals surface area (Å²) in [6.07, 6.45) is 0. The molecule has 9 nitrogen and oxygen atoms in total. The van der Waals surface area contributed by atoms with E-state index in [2.05, 4.69) is 10.2 Å². The lowest BCUT2D eigenvalue weighted by Gasteiger charge is -1.97. The van der Waals surface area contributed by atoms with Crippen LogP contribution >= 0.6 is 11.3 Å². The van der Waals surface area contributed by atoms with Crippen molar-refractivity contribution in [1.82, 2.24) is 10.2 Å². The molecule has 0 saturated heterocycles. The van der Waals surface area contributed by atoms with Crippen molar-refractivity contribution < 1.29 is 14.3 Å². The van der Waals surface area contributed by atoms with Crippen molar-refractivity contribution in [3.05, 3.63) is 55.9 Å². The van der Waals surface area contributed by atoms with Gasteiger partial charge in [0, 0.05) is 12.1 Å². The maximum Gasteiger partial charge on any atom is 0.277 e. The van der Waals surface area contributed by atoms with E-state index in [1.165, 1.54) is 11.3 Å². The molecule has 0 N–H and O–H groups in total. The molecule has 0 aliphatic rings. The van der Waals surface area contributed by atoms with Gasteiger partial charge in [-0.1, -0.05) is 6.07 Å². The van der Waals surface area contributed by atoms with Crippen molar-refractivity contribution >= 4 is 22.7 Å². The van der Waals surface area contributed by atoms with E-state index < -0.39 is 21.2 Å². The molecule has 0 radical (unpaired) electrons. The average molecular weight is 318 g/mol. The molecule has 0 amide bonds. The fourth-order valence-corrected chi connectivity index (χ4v) is 2.41. The first-order chi connectivity index (χ1) is 10.5. The molecule has 0 bridgehead atoms. The number of rotatable bonds is 4. The Morgan fingerprint density at radius 2 is 1.64 bits per heavy atom. The van der Waals surface area contributed by atoms with Gasteiger partial charge in [-0.05, 0) is 11.4 Å². The van der Waals surface area contributed by atoms with Crippen LogP contribution < -0.4 is 0 Å². The molecule has 110 valence electrons. The summed E-state index contributed by atoms with van der Waals surface area (Å²) < 4.78 is 5.43. The van der Waals surface area contributed by atoms with E-state index in [4.69, 9.17) is 4.42 Å². The number of nitrogens with zero attached hydrogens (tertiary/aromatic N) is 4. The zero-order valence-electron chi connectivity index (χ0n) is 10.7. The van der Waals surface area contributed by atoms with Crippen molar-refractivity contribution in [1.29, 1.82) is 0 Å². The second-order valence-electron chi connectivity index (χ2n) is 4.14. The van der Waals surface area contributed by atoms with Crippen LogP contribution in [0.4, 0.5) is 11.4 Å². The molecular weight excluding hydrogens is 312 g/mol. The summed E-state index contributed by atoms with van der Waals surface area (Å²) in [5.74, 6) is 0.231. The standard InChI is InChI=1S/C12H6N4O5S/c17-15(18)8-4-7(5-9(6-8)16(19)20)11-13-14-12(21-11)10-2-1-3-22-10/h1-6H. The van der Waals surface area contributed by atoms with E-state index in [-0.39, 0.29) is 17.3 Å². The third kappa shape index (κ3) is 2.54. The first-order valence-corrected chi connectivity index (χ1v) is 6.74. The van der Waals surface area contributed by atoms with E-state index in [0.29, 0.717) is 0 Å². The third-order valence-electron chi connectivity index (χ3n) is 2.73. The Morgan fingerprint density at radius 1 is 1.00 bits per heavy atom. The predicted molar refractivity (Wildman–Crippen MR) is 76.4 cm³/mol. The Hall–Kier alpha value is -3.14. The lowest BCUT2D eigenvalue weighted by Crippen LogP contribution is -1.94. The summed E-state index contributed by atoms with van der Waals surface area (Å²) in [4.78, 5) is 21.0. The van der Waals surface area contributed by atoms with E-state index in [1.807, 2.05) is 11.4 Å². The number of nitro benzene ring substituents is 2. The molecule has 10 heteroatoms. The number of benzene rings is 1. The highest BCUT2D eigenvalue weighted by molar-refractivity contribution is 7.13. The largest absolute Gasteiger partial charge is 0.415 e. The summed E-state index contributed by atoms with van der Waals surface area (Å²) >= 11 is 1.39. The molecule has 0 spiro atoms. The van der Waals surface area contributed by atoms with Crippen molar-refractivity contribution in [3.63, 3.8) is 0 Å². The molecule has 0 saturated carbocycles. The van der Waals surface area contributed by atoms with Gasteiger partial charge in [0.1, 0.15) is 0 Å². The summed E-state index contributed by atoms with van der Waals surface area (Å²) in [5, 5.41) is 31.2. The highest BCUT2D eigenvalue weighted by atomic mass is 32.1. The summed E-state index contributed by atoms with van der Waals surface area (Å²) in [6.45, 7) is 0. The number of thiophene rings is 1. The predicted octanol–water partition coefficient (Wildman–Crippen LogP) is 3.28. The zero-order valence-corrected chi connectivity index (χ0v) is 11.5. The molecule has 0 aliphatic heterocycles. The zero-order chi connectivity index (χ0) is 15.7. The minimum absolute atomic E-state index is 0.0183. The number of aromatic nitrogens is 2. The average Bonchev–Trinajstić information content (AvgIpc) is 3.17. The van der Waals surface area contributed by atoms with Crippen LogP contribution in [0, 0.1) is 20.2 Å². The van der Waals surface area contributed by atoms with E-state index >= 15 is 0 Å². The minimum Gasteiger partial charge on any atom is -0.415 e. The molecule has 3 aromatic rings. The number of nitro groups is 2. The second kappa shape index (κ2) is 5.33. The molecule has 2 heterocycles. The Kier molecular flexibility index (Phi) is 3.35. The number of hydrogen-bond donors (Lipinski definition) is 0. The highest BCUT2D eigenvalue weighted by Crippen LogP contribution is 2.31. The maximum atomic E-state index is 10.9. The lowest BCUT2D eigenvalue weighted by atomic mass is 10.2. The summed E-state index contributed by atoms with van der Waals surface area (Å²) in [6, 6.07) is 6.76. The monoisotopic (exact) mass is 318 g/mol. The van der Waals surface area contributed by atoms with Gasteiger partial charge in [-0.3, -0.25) is 20.2 Å². The van der Waals surface area contributed by atoms with Crippen LogP contribution in [-0.4, -0.2) is 20.0 Å². The van der Waals surface area contributed by atoms with Gasteiger partial charge in [0.2, 0.25) is 5.89 Å². The Morgan fingerprint density at radius 3 is 2.18 bits per heavy atom. The van der Waals surface area contributed by atoms with Crippen LogP contribution in [-0.2, 0) is 0 Å². The smallest absolute Gasteiger partial charge is 0.277 e. The van der Waals surface area contributed by atoms with E-state index in [9.17, 15) is 20.2 Å². The first-order valence-electron chi connectivity index (χ1n) is 5.86. The van der Waals surface area contributed by atoms with Gasteiger partial charge in [-0.2, -0.15) is 0 Å². The highest BCUT2D eigenvalue weighted by Gasteiger charge is 2.20. The van der Waals surface area contributed by atoms with Crippen LogP contribution in [0.5, 0.6) is 0 Å². The van der Waals surface area contributed by atoms with Gasteiger partial charge in [0.25, 0.3) is 17.3 Å². The molecule has 0 atom stereocenters. The molecule has 0 fully saturated rings. The molecule has 2 aromatic heterocycles. The van der Waals surface area contributed by atoms with E-state index in [1.54, 1.807) is 6.07 Å². The summed E-state index contributed by atoms with van der Waals surface area (Å²) in [7, 11) is 0. The third-order valence-corrected chi connectivity index (χ3v) is 3.59. The van der Waals surface area contributed by atoms with Crippen LogP contribution in [0.1, 0.15) is 0 Å². The van der Waals surface area contributed by atoms with Crippen LogP contribution in [0.25, 0.3) is 22.2 Å². The number of hydrogen-bond acceptors (Lipinski definition) is 8. The Balaban J connectivity index is 2.08. The molecular formula is C12H6N4O5S. The van der Waals surface area contributed by atoms with Crippen LogP contribution in [0.2, 0.25) is 0 Å². The Labute approximate surface area is 126 Å². The van der Waals surface area contributed by atoms with Gasteiger partial charge in [-0.15, -0.1) is 21.5 Å². The van der Waals surface area contributed by atoms with E-state index in [0.717, 1.165) is 23.1 Å². The second-order valence-corrected chi connectivity index (χ2v) is 5.09. The van der Waals surface area contributed by atoms with Crippen molar-refractivity contribution in [2.45, 2.75) is 0 Å². The fourth-order valence-electron chi connectivity index (χ4n) is 1.77. The molecule has 0 aliphatic carbocycles. The Bertz CT molecular complexity index is 826. The normalized spacial score (nSPS) is 10.5. The summed E-state index contributed by atoms with van der Waals surface area (Å²) in [5.41, 5.74) is -0.712. The maximum absolute atomic E-state index is 10.9. The topological polar surface area (TPSA) is 125 Å². The van der Waals surface area contributed by atoms with Gasteiger partial charge in [-0.25, -0.2) is 0 Å². The van der Waals surface area contributed by atoms with Crippen molar-refractivity contribution in [2.24, 2.45) is 0 Å². The first kappa shape index (κ1) is 13.8.